The van der Waals surface area contributed by atoms with E-state index in [1.54, 1.807) is 6.08 Å². The van der Waals surface area contributed by atoms with Crippen LogP contribution < -0.4 is 0 Å². The third-order valence-corrected chi connectivity index (χ3v) is 9.27. The van der Waals surface area contributed by atoms with E-state index < -0.39 is 0 Å². The Morgan fingerprint density at radius 2 is 1.93 bits per heavy atom. The molecule has 0 spiro atoms. The minimum Gasteiger partial charge on any atom is -0.396 e. The largest absolute Gasteiger partial charge is 0.396 e. The van der Waals surface area contributed by atoms with Crippen molar-refractivity contribution >= 4 is 0 Å². The van der Waals surface area contributed by atoms with Crippen LogP contribution in [0.5, 0.6) is 0 Å². The van der Waals surface area contributed by atoms with Crippen LogP contribution in [0.3, 0.4) is 0 Å². The number of hydrogen-bond acceptors (Lipinski definition) is 3. The molecule has 1 N–H and O–H groups in total. The molecule has 4 rings (SSSR count). The zero-order valence-electron chi connectivity index (χ0n) is 17.9. The monoisotopic (exact) mass is 374 g/mol. The summed E-state index contributed by atoms with van der Waals surface area (Å²) in [6, 6.07) is 0. The molecule has 27 heavy (non-hydrogen) atoms. The van der Waals surface area contributed by atoms with E-state index in [1.807, 2.05) is 0 Å². The molecule has 0 aromatic rings. The fourth-order valence-electron chi connectivity index (χ4n) is 7.15. The van der Waals surface area contributed by atoms with Gasteiger partial charge in [0.1, 0.15) is 6.10 Å². The quantitative estimate of drug-likeness (QED) is 0.672. The molecule has 2 bridgehead atoms. The van der Waals surface area contributed by atoms with Gasteiger partial charge >= 0.3 is 0 Å². The lowest BCUT2D eigenvalue weighted by molar-refractivity contribution is -0.125. The third-order valence-electron chi connectivity index (χ3n) is 9.27. The Morgan fingerprint density at radius 3 is 2.59 bits per heavy atom. The van der Waals surface area contributed by atoms with Crippen molar-refractivity contribution in [3.63, 3.8) is 0 Å². The second-order valence-corrected chi connectivity index (χ2v) is 10.7. The van der Waals surface area contributed by atoms with Gasteiger partial charge in [0.2, 0.25) is 0 Å². The van der Waals surface area contributed by atoms with Crippen molar-refractivity contribution in [1.29, 1.82) is 0 Å². The average molecular weight is 375 g/mol. The summed E-state index contributed by atoms with van der Waals surface area (Å²) >= 11 is 0. The number of aliphatic hydroxyl groups excluding tert-OH is 1. The molecule has 1 unspecified atom stereocenters. The molecule has 0 amide bonds. The van der Waals surface area contributed by atoms with Gasteiger partial charge in [0, 0.05) is 6.61 Å². The van der Waals surface area contributed by atoms with Crippen LogP contribution >= 0.6 is 0 Å². The lowest BCUT2D eigenvalue weighted by Gasteiger charge is -2.60. The standard InChI is InChI=1S/C24H38O3/c1-7-18-26-20-19-15(2)10-12-23(5,22(19,3)4)13-17-16(14-25)9-8-11-24(17,6)21(20)27-18/h7,16-18,20-21,25H,1,8-14H2,2-6H3/t16-,17?,18+,20+,21+,23-,24+/m0/s1. The number of hydrogen-bond donors (Lipinski definition) is 1. The Hall–Kier alpha value is -0.640. The summed E-state index contributed by atoms with van der Waals surface area (Å²) in [6.45, 7) is 16.3. The SMILES string of the molecule is C=C[C@@H]1O[C@@H]2C3=C(C)CC[C@@](C)(CC4[C@H](CO)CCC[C@@]4(C)[C@@H]2O1)C3(C)C. The Balaban J connectivity index is 1.91. The van der Waals surface area contributed by atoms with Crippen LogP contribution in [-0.2, 0) is 9.47 Å². The molecule has 1 aliphatic heterocycles. The molecule has 0 aromatic carbocycles. The van der Waals surface area contributed by atoms with Crippen LogP contribution in [0.1, 0.15) is 73.1 Å². The van der Waals surface area contributed by atoms with Gasteiger partial charge < -0.3 is 14.6 Å². The van der Waals surface area contributed by atoms with Gasteiger partial charge in [-0.2, -0.15) is 0 Å². The molecular formula is C24H38O3. The van der Waals surface area contributed by atoms with Gasteiger partial charge in [0.25, 0.3) is 0 Å². The zero-order valence-corrected chi connectivity index (χ0v) is 17.9. The van der Waals surface area contributed by atoms with Gasteiger partial charge in [-0.25, -0.2) is 0 Å². The number of rotatable bonds is 2. The summed E-state index contributed by atoms with van der Waals surface area (Å²) in [4.78, 5) is 0. The Kier molecular flexibility index (Phi) is 4.69. The van der Waals surface area contributed by atoms with Crippen LogP contribution in [0.25, 0.3) is 0 Å². The van der Waals surface area contributed by atoms with Crippen molar-refractivity contribution in [2.24, 2.45) is 28.1 Å². The maximum atomic E-state index is 10.2. The molecule has 0 aromatic heterocycles. The highest BCUT2D eigenvalue weighted by Gasteiger charge is 2.62. The fraction of sp³-hybridized carbons (Fsp3) is 0.833. The van der Waals surface area contributed by atoms with Crippen molar-refractivity contribution in [1.82, 2.24) is 0 Å². The number of fused-ring (bicyclic) bond motifs is 6. The summed E-state index contributed by atoms with van der Waals surface area (Å²) in [5.74, 6) is 0.845. The summed E-state index contributed by atoms with van der Waals surface area (Å²) in [5, 5.41) is 10.2. The lowest BCUT2D eigenvalue weighted by atomic mass is 9.45. The van der Waals surface area contributed by atoms with E-state index in [0.717, 1.165) is 19.3 Å². The van der Waals surface area contributed by atoms with Gasteiger partial charge in [-0.15, -0.1) is 0 Å². The van der Waals surface area contributed by atoms with Crippen LogP contribution in [0.4, 0.5) is 0 Å². The molecule has 3 nitrogen and oxygen atoms in total. The maximum absolute atomic E-state index is 10.2. The van der Waals surface area contributed by atoms with Crippen molar-refractivity contribution in [2.45, 2.75) is 91.6 Å². The van der Waals surface area contributed by atoms with E-state index in [1.165, 1.54) is 30.4 Å². The first-order chi connectivity index (χ1) is 12.7. The molecule has 3 heteroatoms. The van der Waals surface area contributed by atoms with Crippen LogP contribution in [0.2, 0.25) is 0 Å². The number of allylic oxidation sites excluding steroid dienone is 1. The first-order valence-electron chi connectivity index (χ1n) is 10.9. The van der Waals surface area contributed by atoms with Crippen LogP contribution in [0, 0.1) is 28.1 Å². The maximum Gasteiger partial charge on any atom is 0.177 e. The first-order valence-corrected chi connectivity index (χ1v) is 10.9. The van der Waals surface area contributed by atoms with Crippen molar-refractivity contribution in [3.05, 3.63) is 23.8 Å². The molecule has 0 radical (unpaired) electrons. The summed E-state index contributed by atoms with van der Waals surface area (Å²) < 4.78 is 13.0. The Bertz CT molecular complexity index is 650. The molecular weight excluding hydrogens is 336 g/mol. The average Bonchev–Trinajstić information content (AvgIpc) is 3.04. The van der Waals surface area contributed by atoms with Crippen molar-refractivity contribution in [3.8, 4) is 0 Å². The minimum atomic E-state index is -0.325. The smallest absolute Gasteiger partial charge is 0.177 e. The zero-order chi connectivity index (χ0) is 19.6. The summed E-state index contributed by atoms with van der Waals surface area (Å²) in [6.07, 6.45) is 8.54. The van der Waals surface area contributed by atoms with E-state index in [4.69, 9.17) is 9.47 Å². The van der Waals surface area contributed by atoms with E-state index in [0.29, 0.717) is 18.4 Å². The summed E-state index contributed by atoms with van der Waals surface area (Å²) in [7, 11) is 0. The second-order valence-electron chi connectivity index (χ2n) is 10.7. The summed E-state index contributed by atoms with van der Waals surface area (Å²) in [5.41, 5.74) is 3.30. The number of aliphatic hydroxyl groups is 1. The Morgan fingerprint density at radius 1 is 1.19 bits per heavy atom. The van der Waals surface area contributed by atoms with E-state index in [2.05, 4.69) is 41.2 Å². The minimum absolute atomic E-state index is 0.00729. The molecule has 3 aliphatic carbocycles. The van der Waals surface area contributed by atoms with Gasteiger partial charge in [-0.3, -0.25) is 0 Å². The number of ether oxygens (including phenoxy) is 2. The van der Waals surface area contributed by atoms with Gasteiger partial charge in [-0.05, 0) is 78.8 Å². The van der Waals surface area contributed by atoms with Gasteiger partial charge in [0.05, 0.1) is 6.10 Å². The Labute approximate surface area is 165 Å². The molecule has 3 fully saturated rings. The van der Waals surface area contributed by atoms with Crippen molar-refractivity contribution < 1.29 is 14.6 Å². The highest BCUT2D eigenvalue weighted by atomic mass is 16.7. The lowest BCUT2D eigenvalue weighted by Crippen LogP contribution is -2.58. The van der Waals surface area contributed by atoms with E-state index in [-0.39, 0.29) is 34.7 Å². The topological polar surface area (TPSA) is 38.7 Å². The van der Waals surface area contributed by atoms with Crippen LogP contribution in [0.15, 0.2) is 23.8 Å². The fourth-order valence-corrected chi connectivity index (χ4v) is 7.15. The van der Waals surface area contributed by atoms with E-state index in [9.17, 15) is 5.11 Å². The van der Waals surface area contributed by atoms with E-state index >= 15 is 0 Å². The van der Waals surface area contributed by atoms with Crippen molar-refractivity contribution in [2.75, 3.05) is 6.61 Å². The normalized spacial score (nSPS) is 49.0. The highest BCUT2D eigenvalue weighted by Crippen LogP contribution is 2.65. The molecule has 2 saturated carbocycles. The predicted octanol–water partition coefficient (Wildman–Crippen LogP) is 5.24. The highest BCUT2D eigenvalue weighted by molar-refractivity contribution is 5.34. The third kappa shape index (κ3) is 2.64. The van der Waals surface area contributed by atoms with Gasteiger partial charge in [-0.1, -0.05) is 46.3 Å². The molecule has 152 valence electrons. The second kappa shape index (κ2) is 6.43. The first kappa shape index (κ1) is 19.7. The predicted molar refractivity (Wildman–Crippen MR) is 108 cm³/mol. The molecule has 1 heterocycles. The van der Waals surface area contributed by atoms with Gasteiger partial charge in [0.15, 0.2) is 6.29 Å². The van der Waals surface area contributed by atoms with Crippen LogP contribution in [-0.4, -0.2) is 30.2 Å². The molecule has 1 saturated heterocycles. The molecule has 4 aliphatic rings. The molecule has 7 atom stereocenters.